The normalized spacial score (nSPS) is 15.4. The lowest BCUT2D eigenvalue weighted by Crippen LogP contribution is -2.42. The number of benzene rings is 2. The molecule has 0 aliphatic carbocycles. The quantitative estimate of drug-likeness (QED) is 0.496. The van der Waals surface area contributed by atoms with E-state index in [0.29, 0.717) is 25.3 Å². The van der Waals surface area contributed by atoms with Crippen LogP contribution in [0.4, 0.5) is 0 Å². The zero-order valence-electron chi connectivity index (χ0n) is 19.4. The number of carbonyl (C=O) groups excluding carboxylic acids is 2. The molecule has 3 aromatic rings. The predicted molar refractivity (Wildman–Crippen MR) is 133 cm³/mol. The van der Waals surface area contributed by atoms with E-state index in [1.807, 2.05) is 36.1 Å². The molecule has 4 rings (SSSR count). The fourth-order valence-corrected chi connectivity index (χ4v) is 4.84. The summed E-state index contributed by atoms with van der Waals surface area (Å²) < 4.78 is 5.26. The lowest BCUT2D eigenvalue weighted by atomic mass is 9.84. The third-order valence-corrected chi connectivity index (χ3v) is 7.38. The lowest BCUT2D eigenvalue weighted by molar-refractivity contribution is -0.126. The lowest BCUT2D eigenvalue weighted by Gasteiger charge is -2.34. The molecule has 6 nitrogen and oxygen atoms in total. The number of rotatable bonds is 7. The minimum atomic E-state index is -0.0757. The van der Waals surface area contributed by atoms with E-state index in [0.717, 1.165) is 35.1 Å². The van der Waals surface area contributed by atoms with Crippen LogP contribution in [0.15, 0.2) is 53.4 Å². The van der Waals surface area contributed by atoms with Crippen molar-refractivity contribution >= 4 is 34.5 Å². The highest BCUT2D eigenvalue weighted by Crippen LogP contribution is 2.27. The van der Waals surface area contributed by atoms with Crippen molar-refractivity contribution in [3.63, 3.8) is 0 Å². The van der Waals surface area contributed by atoms with Crippen LogP contribution in [0.1, 0.15) is 35.8 Å². The number of nitrogens with one attached hydrogen (secondary N) is 2. The highest BCUT2D eigenvalue weighted by atomic mass is 32.2. The van der Waals surface area contributed by atoms with E-state index < -0.39 is 0 Å². The SMILES string of the molecule is COc1ccc2cc(C(=O)N3CCC(C(C)C(=O)NCc4ccc(SC)cc4)CC3)[nH]c2c1. The van der Waals surface area contributed by atoms with E-state index in [2.05, 4.69) is 40.8 Å². The van der Waals surface area contributed by atoms with Gasteiger partial charge in [-0.15, -0.1) is 11.8 Å². The standard InChI is InChI=1S/C26H31N3O3S/c1-17(25(30)27-16-18-4-8-22(33-3)9-5-18)19-10-12-29(13-11-19)26(31)24-14-20-6-7-21(32-2)15-23(20)28-24/h4-9,14-15,17,19,28H,10-13,16H2,1-3H3,(H,27,30). The van der Waals surface area contributed by atoms with Gasteiger partial charge in [0.05, 0.1) is 7.11 Å². The molecule has 1 aliphatic rings. The van der Waals surface area contributed by atoms with Gasteiger partial charge in [0.2, 0.25) is 5.91 Å². The van der Waals surface area contributed by atoms with Gasteiger partial charge in [-0.3, -0.25) is 9.59 Å². The Morgan fingerprint density at radius 2 is 1.88 bits per heavy atom. The molecule has 1 atom stereocenters. The summed E-state index contributed by atoms with van der Waals surface area (Å²) >= 11 is 1.71. The van der Waals surface area contributed by atoms with Gasteiger partial charge in [-0.25, -0.2) is 0 Å². The van der Waals surface area contributed by atoms with Crippen molar-refractivity contribution in [2.45, 2.75) is 31.2 Å². The van der Waals surface area contributed by atoms with Gasteiger partial charge in [-0.1, -0.05) is 19.1 Å². The number of piperidine rings is 1. The predicted octanol–water partition coefficient (Wildman–Crippen LogP) is 4.70. The molecule has 0 saturated carbocycles. The van der Waals surface area contributed by atoms with Gasteiger partial charge in [-0.2, -0.15) is 0 Å². The Kier molecular flexibility index (Phi) is 7.28. The van der Waals surface area contributed by atoms with E-state index in [1.165, 1.54) is 4.90 Å². The maximum atomic E-state index is 13.0. The van der Waals surface area contributed by atoms with Crippen molar-refractivity contribution in [1.82, 2.24) is 15.2 Å². The maximum absolute atomic E-state index is 13.0. The highest BCUT2D eigenvalue weighted by molar-refractivity contribution is 7.98. The zero-order chi connectivity index (χ0) is 23.4. The first-order valence-corrected chi connectivity index (χ1v) is 12.6. The first-order valence-electron chi connectivity index (χ1n) is 11.3. The number of nitrogens with zero attached hydrogens (tertiary/aromatic N) is 1. The van der Waals surface area contributed by atoms with E-state index in [1.54, 1.807) is 18.9 Å². The summed E-state index contributed by atoms with van der Waals surface area (Å²) in [7, 11) is 1.63. The Morgan fingerprint density at radius 3 is 2.55 bits per heavy atom. The van der Waals surface area contributed by atoms with Crippen LogP contribution in [0.25, 0.3) is 10.9 Å². The first kappa shape index (κ1) is 23.2. The van der Waals surface area contributed by atoms with Crippen LogP contribution >= 0.6 is 11.8 Å². The summed E-state index contributed by atoms with van der Waals surface area (Å²) in [5.41, 5.74) is 2.58. The molecule has 0 bridgehead atoms. The number of likely N-dealkylation sites (tertiary alicyclic amines) is 1. The summed E-state index contributed by atoms with van der Waals surface area (Å²) in [6, 6.07) is 15.9. The minimum absolute atomic E-state index is 0.00871. The Labute approximate surface area is 199 Å². The Balaban J connectivity index is 1.29. The van der Waals surface area contributed by atoms with Crippen LogP contribution in [0.5, 0.6) is 5.75 Å². The van der Waals surface area contributed by atoms with Crippen molar-refractivity contribution < 1.29 is 14.3 Å². The molecule has 174 valence electrons. The van der Waals surface area contributed by atoms with Gasteiger partial charge >= 0.3 is 0 Å². The number of methoxy groups -OCH3 is 1. The molecule has 1 aliphatic heterocycles. The number of amides is 2. The average molecular weight is 466 g/mol. The summed E-state index contributed by atoms with van der Waals surface area (Å²) in [6.07, 6.45) is 3.71. The van der Waals surface area contributed by atoms with Gasteiger partial charge < -0.3 is 19.9 Å². The molecular weight excluding hydrogens is 434 g/mol. The minimum Gasteiger partial charge on any atom is -0.497 e. The number of fused-ring (bicyclic) bond motifs is 1. The van der Waals surface area contributed by atoms with Crippen LogP contribution in [0, 0.1) is 11.8 Å². The van der Waals surface area contributed by atoms with Gasteiger partial charge in [0.15, 0.2) is 0 Å². The first-order chi connectivity index (χ1) is 16.0. The van der Waals surface area contributed by atoms with E-state index in [9.17, 15) is 9.59 Å². The molecule has 7 heteroatoms. The summed E-state index contributed by atoms with van der Waals surface area (Å²) in [5, 5.41) is 4.06. The maximum Gasteiger partial charge on any atom is 0.270 e. The number of hydrogen-bond donors (Lipinski definition) is 2. The molecule has 0 spiro atoms. The number of aromatic amines is 1. The fourth-order valence-electron chi connectivity index (χ4n) is 4.43. The molecule has 0 radical (unpaired) electrons. The molecule has 2 N–H and O–H groups in total. The monoisotopic (exact) mass is 465 g/mol. The van der Waals surface area contributed by atoms with Crippen molar-refractivity contribution in [2.24, 2.45) is 11.8 Å². The smallest absolute Gasteiger partial charge is 0.270 e. The van der Waals surface area contributed by atoms with Gasteiger partial charge in [-0.05, 0) is 60.9 Å². The van der Waals surface area contributed by atoms with E-state index in [4.69, 9.17) is 4.74 Å². The second-order valence-corrected chi connectivity index (χ2v) is 9.50. The number of carbonyl (C=O) groups is 2. The number of H-pyrrole nitrogens is 1. The molecular formula is C26H31N3O3S. The Morgan fingerprint density at radius 1 is 1.15 bits per heavy atom. The number of thioether (sulfide) groups is 1. The topological polar surface area (TPSA) is 74.4 Å². The van der Waals surface area contributed by atoms with Gasteiger partial charge in [0.25, 0.3) is 5.91 Å². The highest BCUT2D eigenvalue weighted by Gasteiger charge is 2.30. The van der Waals surface area contributed by atoms with Crippen molar-refractivity contribution in [1.29, 1.82) is 0 Å². The summed E-state index contributed by atoms with van der Waals surface area (Å²) in [5.74, 6) is 1.05. The van der Waals surface area contributed by atoms with Gasteiger partial charge in [0.1, 0.15) is 11.4 Å². The number of ether oxygens (including phenoxy) is 1. The largest absolute Gasteiger partial charge is 0.497 e. The Hall–Kier alpha value is -2.93. The summed E-state index contributed by atoms with van der Waals surface area (Å²) in [4.78, 5) is 32.1. The number of aromatic nitrogens is 1. The molecule has 1 unspecified atom stereocenters. The van der Waals surface area contributed by atoms with Crippen LogP contribution in [-0.2, 0) is 11.3 Å². The molecule has 33 heavy (non-hydrogen) atoms. The zero-order valence-corrected chi connectivity index (χ0v) is 20.2. The van der Waals surface area contributed by atoms with Crippen LogP contribution in [0.2, 0.25) is 0 Å². The number of hydrogen-bond acceptors (Lipinski definition) is 4. The van der Waals surface area contributed by atoms with Crippen molar-refractivity contribution in [3.8, 4) is 5.75 Å². The molecule has 2 amide bonds. The fraction of sp³-hybridized carbons (Fsp3) is 0.385. The van der Waals surface area contributed by atoms with Crippen LogP contribution < -0.4 is 10.1 Å². The third kappa shape index (κ3) is 5.36. The van der Waals surface area contributed by atoms with Crippen LogP contribution in [0.3, 0.4) is 0 Å². The van der Waals surface area contributed by atoms with Gasteiger partial charge in [0, 0.05) is 47.4 Å². The summed E-state index contributed by atoms with van der Waals surface area (Å²) in [6.45, 7) is 3.87. The van der Waals surface area contributed by atoms with Crippen LogP contribution in [-0.4, -0.2) is 48.2 Å². The molecule has 1 saturated heterocycles. The Bertz CT molecular complexity index is 1120. The van der Waals surface area contributed by atoms with Crippen molar-refractivity contribution in [3.05, 3.63) is 59.8 Å². The third-order valence-electron chi connectivity index (χ3n) is 6.63. The van der Waals surface area contributed by atoms with E-state index >= 15 is 0 Å². The second kappa shape index (κ2) is 10.3. The molecule has 1 fully saturated rings. The van der Waals surface area contributed by atoms with E-state index in [-0.39, 0.29) is 23.7 Å². The molecule has 1 aromatic heterocycles. The average Bonchev–Trinajstić information content (AvgIpc) is 3.30. The second-order valence-electron chi connectivity index (χ2n) is 8.62. The van der Waals surface area contributed by atoms with Crippen molar-refractivity contribution in [2.75, 3.05) is 26.5 Å². The molecule has 2 aromatic carbocycles. The molecule has 2 heterocycles.